The minimum atomic E-state index is 0. The van der Waals surface area contributed by atoms with Crippen molar-refractivity contribution in [2.24, 2.45) is 4.99 Å². The first kappa shape index (κ1) is 24.4. The molecule has 1 aliphatic carbocycles. The summed E-state index contributed by atoms with van der Waals surface area (Å²) in [4.78, 5) is 23.3. The van der Waals surface area contributed by atoms with E-state index in [1.165, 1.54) is 12.8 Å². The normalized spacial score (nSPS) is 14.5. The molecule has 0 radical (unpaired) electrons. The fourth-order valence-corrected chi connectivity index (χ4v) is 2.96. The molecule has 0 atom stereocenters. The fourth-order valence-electron chi connectivity index (χ4n) is 2.96. The Balaban J connectivity index is 0.00000576. The lowest BCUT2D eigenvalue weighted by atomic mass is 10.3. The van der Waals surface area contributed by atoms with Gasteiger partial charge in [-0.25, -0.2) is 0 Å². The molecule has 7 heteroatoms. The highest BCUT2D eigenvalue weighted by atomic mass is 127. The average molecular weight is 467 g/mol. The molecular weight excluding hydrogens is 429 g/mol. The SMILES string of the molecule is CCNC(=NCCN(C(C)C)C1CC1)N(C)CC(=O)N(CC)CC.I. The number of nitrogens with zero attached hydrogens (tertiary/aromatic N) is 4. The lowest BCUT2D eigenvalue weighted by Crippen LogP contribution is -2.46. The molecule has 0 aliphatic heterocycles. The summed E-state index contributed by atoms with van der Waals surface area (Å²) in [6.07, 6.45) is 2.64. The van der Waals surface area contributed by atoms with Crippen molar-refractivity contribution in [2.45, 2.75) is 59.5 Å². The van der Waals surface area contributed by atoms with Crippen LogP contribution in [-0.2, 0) is 4.79 Å². The summed E-state index contributed by atoms with van der Waals surface area (Å²) in [5, 5.41) is 3.30. The van der Waals surface area contributed by atoms with E-state index in [0.29, 0.717) is 12.6 Å². The molecule has 1 saturated carbocycles. The van der Waals surface area contributed by atoms with E-state index in [-0.39, 0.29) is 29.9 Å². The maximum Gasteiger partial charge on any atom is 0.242 e. The molecule has 25 heavy (non-hydrogen) atoms. The van der Waals surface area contributed by atoms with Gasteiger partial charge in [0.25, 0.3) is 0 Å². The van der Waals surface area contributed by atoms with Gasteiger partial charge >= 0.3 is 0 Å². The first-order valence-corrected chi connectivity index (χ1v) is 9.47. The van der Waals surface area contributed by atoms with Crippen molar-refractivity contribution in [3.8, 4) is 0 Å². The topological polar surface area (TPSA) is 51.2 Å². The van der Waals surface area contributed by atoms with Gasteiger partial charge in [0.05, 0.1) is 13.1 Å². The standard InChI is InChI=1S/C18H37N5O.HI/c1-7-19-18(21(6)14-17(24)22(8-2)9-3)20-12-13-23(15(4)5)16-10-11-16;/h15-16H,7-14H2,1-6H3,(H,19,20);1H. The van der Waals surface area contributed by atoms with Gasteiger partial charge in [-0.1, -0.05) is 0 Å². The Morgan fingerprint density at radius 3 is 2.24 bits per heavy atom. The number of halogens is 1. The van der Waals surface area contributed by atoms with Crippen LogP contribution in [0.1, 0.15) is 47.5 Å². The summed E-state index contributed by atoms with van der Waals surface area (Å²) in [7, 11) is 1.93. The first-order chi connectivity index (χ1) is 11.4. The largest absolute Gasteiger partial charge is 0.357 e. The van der Waals surface area contributed by atoms with Crippen LogP contribution in [0.3, 0.4) is 0 Å². The van der Waals surface area contributed by atoms with Gasteiger partial charge in [0.2, 0.25) is 5.91 Å². The first-order valence-electron chi connectivity index (χ1n) is 9.47. The van der Waals surface area contributed by atoms with Gasteiger partial charge in [-0.2, -0.15) is 0 Å². The van der Waals surface area contributed by atoms with Gasteiger partial charge in [-0.05, 0) is 47.5 Å². The molecule has 0 aromatic heterocycles. The number of aliphatic imine (C=N–C) groups is 1. The quantitative estimate of drug-likeness (QED) is 0.304. The Kier molecular flexibility index (Phi) is 12.4. The number of carbonyl (C=O) groups excluding carboxylic acids is 1. The van der Waals surface area contributed by atoms with E-state index < -0.39 is 0 Å². The molecular formula is C18H38IN5O. The molecule has 0 aromatic rings. The second kappa shape index (κ2) is 12.7. The molecule has 1 fully saturated rings. The number of guanidine groups is 1. The third-order valence-corrected chi connectivity index (χ3v) is 4.48. The van der Waals surface area contributed by atoms with Crippen LogP contribution in [0.5, 0.6) is 0 Å². The van der Waals surface area contributed by atoms with Crippen molar-refractivity contribution in [3.63, 3.8) is 0 Å². The van der Waals surface area contributed by atoms with Crippen molar-refractivity contribution < 1.29 is 4.79 Å². The highest BCUT2D eigenvalue weighted by Crippen LogP contribution is 2.28. The number of nitrogens with one attached hydrogen (secondary N) is 1. The van der Waals surface area contributed by atoms with Gasteiger partial charge in [-0.3, -0.25) is 14.7 Å². The summed E-state index contributed by atoms with van der Waals surface area (Å²) in [6.45, 7) is 15.0. The lowest BCUT2D eigenvalue weighted by Gasteiger charge is -2.27. The van der Waals surface area contributed by atoms with E-state index in [2.05, 4.69) is 31.0 Å². The molecule has 0 saturated heterocycles. The zero-order valence-corrected chi connectivity index (χ0v) is 19.2. The Bertz CT molecular complexity index is 406. The van der Waals surface area contributed by atoms with Crippen molar-refractivity contribution >= 4 is 35.8 Å². The average Bonchev–Trinajstić information content (AvgIpc) is 3.35. The number of hydrogen-bond donors (Lipinski definition) is 1. The Morgan fingerprint density at radius 2 is 1.80 bits per heavy atom. The molecule has 0 heterocycles. The fraction of sp³-hybridized carbons (Fsp3) is 0.889. The van der Waals surface area contributed by atoms with E-state index in [9.17, 15) is 4.79 Å². The number of amides is 1. The van der Waals surface area contributed by atoms with Gasteiger partial charge in [0.15, 0.2) is 5.96 Å². The molecule has 0 unspecified atom stereocenters. The molecule has 1 rings (SSSR count). The molecule has 0 bridgehead atoms. The highest BCUT2D eigenvalue weighted by molar-refractivity contribution is 14.0. The van der Waals surface area contributed by atoms with Crippen LogP contribution in [0.15, 0.2) is 4.99 Å². The van der Waals surface area contributed by atoms with Crippen molar-refractivity contribution in [1.29, 1.82) is 0 Å². The van der Waals surface area contributed by atoms with E-state index in [0.717, 1.165) is 44.7 Å². The third kappa shape index (κ3) is 8.57. The molecule has 0 aromatic carbocycles. The molecule has 1 aliphatic rings. The minimum Gasteiger partial charge on any atom is -0.357 e. The van der Waals surface area contributed by atoms with Crippen molar-refractivity contribution in [3.05, 3.63) is 0 Å². The minimum absolute atomic E-state index is 0. The number of carbonyl (C=O) groups is 1. The van der Waals surface area contributed by atoms with Crippen LogP contribution in [0.2, 0.25) is 0 Å². The van der Waals surface area contributed by atoms with E-state index in [1.54, 1.807) is 0 Å². The van der Waals surface area contributed by atoms with Crippen molar-refractivity contribution in [1.82, 2.24) is 20.0 Å². The van der Waals surface area contributed by atoms with Crippen molar-refractivity contribution in [2.75, 3.05) is 46.3 Å². The Hall–Kier alpha value is -0.570. The third-order valence-electron chi connectivity index (χ3n) is 4.48. The number of hydrogen-bond acceptors (Lipinski definition) is 3. The summed E-state index contributed by atoms with van der Waals surface area (Å²) in [5.41, 5.74) is 0. The molecule has 6 nitrogen and oxygen atoms in total. The van der Waals surface area contributed by atoms with E-state index in [1.807, 2.05) is 30.7 Å². The van der Waals surface area contributed by atoms with Gasteiger partial charge in [0.1, 0.15) is 0 Å². The molecule has 148 valence electrons. The Labute approximate surface area is 171 Å². The maximum absolute atomic E-state index is 12.3. The number of likely N-dealkylation sites (N-methyl/N-ethyl adjacent to an activating group) is 2. The van der Waals surface area contributed by atoms with E-state index in [4.69, 9.17) is 4.99 Å². The Morgan fingerprint density at radius 1 is 1.20 bits per heavy atom. The molecule has 0 spiro atoms. The summed E-state index contributed by atoms with van der Waals surface area (Å²) in [6, 6.07) is 1.32. The predicted octanol–water partition coefficient (Wildman–Crippen LogP) is 2.24. The lowest BCUT2D eigenvalue weighted by molar-refractivity contribution is -0.131. The zero-order chi connectivity index (χ0) is 18.1. The smallest absolute Gasteiger partial charge is 0.242 e. The monoisotopic (exact) mass is 467 g/mol. The van der Waals surface area contributed by atoms with Gasteiger partial charge in [-0.15, -0.1) is 24.0 Å². The molecule has 1 amide bonds. The van der Waals surface area contributed by atoms with Crippen LogP contribution in [0, 0.1) is 0 Å². The van der Waals surface area contributed by atoms with Crippen LogP contribution in [-0.4, -0.2) is 85.0 Å². The summed E-state index contributed by atoms with van der Waals surface area (Å²) >= 11 is 0. The maximum atomic E-state index is 12.3. The number of rotatable bonds is 10. The zero-order valence-electron chi connectivity index (χ0n) is 16.9. The van der Waals surface area contributed by atoms with Gasteiger partial charge in [0, 0.05) is 45.3 Å². The van der Waals surface area contributed by atoms with Crippen LogP contribution < -0.4 is 5.32 Å². The second-order valence-electron chi connectivity index (χ2n) is 6.72. The highest BCUT2D eigenvalue weighted by Gasteiger charge is 2.30. The summed E-state index contributed by atoms with van der Waals surface area (Å²) in [5.74, 6) is 0.965. The van der Waals surface area contributed by atoms with Crippen LogP contribution in [0.25, 0.3) is 0 Å². The molecule has 1 N–H and O–H groups in total. The summed E-state index contributed by atoms with van der Waals surface area (Å²) < 4.78 is 0. The second-order valence-corrected chi connectivity index (χ2v) is 6.72. The van der Waals surface area contributed by atoms with Gasteiger partial charge < -0.3 is 15.1 Å². The predicted molar refractivity (Wildman–Crippen MR) is 117 cm³/mol. The van der Waals surface area contributed by atoms with Crippen LogP contribution in [0.4, 0.5) is 0 Å². The van der Waals surface area contributed by atoms with Crippen LogP contribution >= 0.6 is 24.0 Å². The van der Waals surface area contributed by atoms with E-state index >= 15 is 0 Å².